The van der Waals surface area contributed by atoms with E-state index in [0.717, 1.165) is 12.2 Å². The monoisotopic (exact) mass is 284 g/mol. The Balaban J connectivity index is 2.13. The Morgan fingerprint density at radius 2 is 1.81 bits per heavy atom. The summed E-state index contributed by atoms with van der Waals surface area (Å²) in [6.07, 6.45) is 1.11. The number of esters is 1. The van der Waals surface area contributed by atoms with Crippen molar-refractivity contribution in [2.45, 2.75) is 26.2 Å². The molecule has 2 aromatic carbocycles. The fourth-order valence-corrected chi connectivity index (χ4v) is 2.04. The Morgan fingerprint density at radius 1 is 1.10 bits per heavy atom. The molecule has 0 aliphatic carbocycles. The molecule has 110 valence electrons. The molecule has 0 radical (unpaired) electrons. The molecule has 0 bridgehead atoms. The molecule has 0 heterocycles. The highest BCUT2D eigenvalue weighted by Crippen LogP contribution is 2.25. The van der Waals surface area contributed by atoms with Crippen LogP contribution in [0, 0.1) is 0 Å². The van der Waals surface area contributed by atoms with Gasteiger partial charge in [0.15, 0.2) is 0 Å². The van der Waals surface area contributed by atoms with Crippen LogP contribution >= 0.6 is 0 Å². The maximum absolute atomic E-state index is 11.5. The quantitative estimate of drug-likeness (QED) is 0.741. The summed E-state index contributed by atoms with van der Waals surface area (Å²) >= 11 is 0. The smallest absolute Gasteiger partial charge is 0.337 e. The van der Waals surface area contributed by atoms with Gasteiger partial charge in [-0.25, -0.2) is 4.79 Å². The number of benzene rings is 2. The van der Waals surface area contributed by atoms with Crippen LogP contribution in [-0.2, 0) is 4.74 Å². The lowest BCUT2D eigenvalue weighted by Gasteiger charge is -2.11. The first kappa shape index (κ1) is 15.1. The van der Waals surface area contributed by atoms with E-state index in [4.69, 9.17) is 9.47 Å². The second-order valence-electron chi connectivity index (χ2n) is 5.00. The average Bonchev–Trinajstić information content (AvgIpc) is 2.54. The van der Waals surface area contributed by atoms with E-state index in [1.165, 1.54) is 12.7 Å². The van der Waals surface area contributed by atoms with E-state index >= 15 is 0 Å². The Labute approximate surface area is 125 Å². The van der Waals surface area contributed by atoms with Crippen molar-refractivity contribution in [3.63, 3.8) is 0 Å². The van der Waals surface area contributed by atoms with Gasteiger partial charge >= 0.3 is 5.97 Å². The van der Waals surface area contributed by atoms with Crippen LogP contribution in [0.1, 0.15) is 42.1 Å². The minimum Gasteiger partial charge on any atom is -0.465 e. The summed E-state index contributed by atoms with van der Waals surface area (Å²) in [6.45, 7) is 4.38. The van der Waals surface area contributed by atoms with Gasteiger partial charge in [0.2, 0.25) is 0 Å². The lowest BCUT2D eigenvalue weighted by molar-refractivity contribution is 0.0600. The Hall–Kier alpha value is -2.29. The molecular weight excluding hydrogens is 264 g/mol. The summed E-state index contributed by atoms with van der Waals surface area (Å²) in [6, 6.07) is 15.0. The molecule has 0 aliphatic heterocycles. The van der Waals surface area contributed by atoms with Gasteiger partial charge in [0.25, 0.3) is 0 Å². The van der Waals surface area contributed by atoms with Gasteiger partial charge in [0.1, 0.15) is 11.5 Å². The van der Waals surface area contributed by atoms with Crippen molar-refractivity contribution < 1.29 is 14.3 Å². The van der Waals surface area contributed by atoms with Gasteiger partial charge in [-0.3, -0.25) is 0 Å². The van der Waals surface area contributed by atoms with Crippen molar-refractivity contribution in [2.75, 3.05) is 7.11 Å². The Bertz CT molecular complexity index is 602. The summed E-state index contributed by atoms with van der Waals surface area (Å²) in [7, 11) is 1.36. The number of carbonyl (C=O) groups excluding carboxylic acids is 1. The molecule has 0 spiro atoms. The average molecular weight is 284 g/mol. The lowest BCUT2D eigenvalue weighted by Crippen LogP contribution is -2.00. The first-order chi connectivity index (χ1) is 10.1. The van der Waals surface area contributed by atoms with Gasteiger partial charge in [0, 0.05) is 0 Å². The highest BCUT2D eigenvalue weighted by atomic mass is 16.5. The summed E-state index contributed by atoms with van der Waals surface area (Å²) in [5, 5.41) is 0. The minimum atomic E-state index is -0.368. The SMILES string of the molecule is CCC(C)c1ccc(Oc2cccc(C(=O)OC)c2)cc1. The molecule has 1 atom stereocenters. The largest absolute Gasteiger partial charge is 0.465 e. The highest BCUT2D eigenvalue weighted by molar-refractivity contribution is 5.89. The van der Waals surface area contributed by atoms with E-state index in [9.17, 15) is 4.79 Å². The fourth-order valence-electron chi connectivity index (χ4n) is 2.04. The molecule has 0 saturated heterocycles. The van der Waals surface area contributed by atoms with Crippen molar-refractivity contribution in [1.82, 2.24) is 0 Å². The van der Waals surface area contributed by atoms with Gasteiger partial charge < -0.3 is 9.47 Å². The van der Waals surface area contributed by atoms with Gasteiger partial charge in [0.05, 0.1) is 12.7 Å². The van der Waals surface area contributed by atoms with Crippen molar-refractivity contribution in [1.29, 1.82) is 0 Å². The van der Waals surface area contributed by atoms with Crippen molar-refractivity contribution in [3.8, 4) is 11.5 Å². The van der Waals surface area contributed by atoms with Crippen molar-refractivity contribution >= 4 is 5.97 Å². The van der Waals surface area contributed by atoms with E-state index in [0.29, 0.717) is 17.2 Å². The summed E-state index contributed by atoms with van der Waals surface area (Å²) in [4.78, 5) is 11.5. The molecule has 2 rings (SSSR count). The third-order valence-electron chi connectivity index (χ3n) is 3.55. The zero-order valence-corrected chi connectivity index (χ0v) is 12.6. The summed E-state index contributed by atoms with van der Waals surface area (Å²) < 4.78 is 10.5. The Kier molecular flexibility index (Phi) is 4.99. The van der Waals surface area contributed by atoms with Crippen LogP contribution in [0.4, 0.5) is 0 Å². The molecule has 1 unspecified atom stereocenters. The molecule has 0 N–H and O–H groups in total. The van der Waals surface area contributed by atoms with Crippen LogP contribution in [0.3, 0.4) is 0 Å². The van der Waals surface area contributed by atoms with E-state index < -0.39 is 0 Å². The van der Waals surface area contributed by atoms with Crippen molar-refractivity contribution in [3.05, 3.63) is 59.7 Å². The van der Waals surface area contributed by atoms with E-state index in [2.05, 4.69) is 26.0 Å². The zero-order chi connectivity index (χ0) is 15.2. The van der Waals surface area contributed by atoms with Crippen LogP contribution in [0.2, 0.25) is 0 Å². The number of hydrogen-bond acceptors (Lipinski definition) is 3. The van der Waals surface area contributed by atoms with Gasteiger partial charge in [-0.1, -0.05) is 32.0 Å². The van der Waals surface area contributed by atoms with Crippen LogP contribution in [0.15, 0.2) is 48.5 Å². The van der Waals surface area contributed by atoms with E-state index in [1.807, 2.05) is 18.2 Å². The molecule has 0 aliphatic rings. The van der Waals surface area contributed by atoms with Gasteiger partial charge in [-0.2, -0.15) is 0 Å². The second-order valence-corrected chi connectivity index (χ2v) is 5.00. The molecule has 0 amide bonds. The molecule has 21 heavy (non-hydrogen) atoms. The highest BCUT2D eigenvalue weighted by Gasteiger charge is 2.07. The normalized spacial score (nSPS) is 11.8. The van der Waals surface area contributed by atoms with Crippen LogP contribution < -0.4 is 4.74 Å². The van der Waals surface area contributed by atoms with Crippen LogP contribution in [-0.4, -0.2) is 13.1 Å². The third-order valence-corrected chi connectivity index (χ3v) is 3.55. The lowest BCUT2D eigenvalue weighted by atomic mass is 9.99. The summed E-state index contributed by atoms with van der Waals surface area (Å²) in [5.74, 6) is 1.55. The number of carbonyl (C=O) groups is 1. The number of hydrogen-bond donors (Lipinski definition) is 0. The summed E-state index contributed by atoms with van der Waals surface area (Å²) in [5.41, 5.74) is 1.78. The van der Waals surface area contributed by atoms with E-state index in [-0.39, 0.29) is 5.97 Å². The molecule has 0 aromatic heterocycles. The first-order valence-electron chi connectivity index (χ1n) is 7.10. The number of methoxy groups -OCH3 is 1. The molecule has 3 nitrogen and oxygen atoms in total. The molecule has 0 fully saturated rings. The predicted molar refractivity (Wildman–Crippen MR) is 83.0 cm³/mol. The van der Waals surface area contributed by atoms with Gasteiger partial charge in [-0.15, -0.1) is 0 Å². The molecule has 3 heteroatoms. The number of rotatable bonds is 5. The fraction of sp³-hybridized carbons (Fsp3) is 0.278. The van der Waals surface area contributed by atoms with E-state index in [1.54, 1.807) is 18.2 Å². The van der Waals surface area contributed by atoms with Crippen LogP contribution in [0.25, 0.3) is 0 Å². The molecular formula is C18H20O3. The predicted octanol–water partition coefficient (Wildman–Crippen LogP) is 4.78. The maximum Gasteiger partial charge on any atom is 0.337 e. The standard InChI is InChI=1S/C18H20O3/c1-4-13(2)14-8-10-16(11-9-14)21-17-7-5-6-15(12-17)18(19)20-3/h5-13H,4H2,1-3H3. The Morgan fingerprint density at radius 3 is 2.43 bits per heavy atom. The van der Waals surface area contributed by atoms with Gasteiger partial charge in [-0.05, 0) is 48.2 Å². The number of ether oxygens (including phenoxy) is 2. The minimum absolute atomic E-state index is 0.368. The topological polar surface area (TPSA) is 35.5 Å². The first-order valence-corrected chi connectivity index (χ1v) is 7.10. The van der Waals surface area contributed by atoms with Crippen LogP contribution in [0.5, 0.6) is 11.5 Å². The zero-order valence-electron chi connectivity index (χ0n) is 12.6. The maximum atomic E-state index is 11.5. The van der Waals surface area contributed by atoms with Crippen molar-refractivity contribution in [2.24, 2.45) is 0 Å². The third kappa shape index (κ3) is 3.85. The molecule has 0 saturated carbocycles. The molecule has 2 aromatic rings. The second kappa shape index (κ2) is 6.93.